The molecular formula is HErO3S-. The van der Waals surface area contributed by atoms with Gasteiger partial charge in [0.15, 0.2) is 0 Å². The molecule has 3 nitrogen and oxygen atoms in total. The van der Waals surface area contributed by atoms with Crippen molar-refractivity contribution in [3.05, 3.63) is 0 Å². The standard InChI is InChI=1S/Er.H2O3S/c;1-4(2)3/h;(H2,1,2,3)/p-1. The van der Waals surface area contributed by atoms with Gasteiger partial charge in [0, 0.05) is 37.3 Å². The van der Waals surface area contributed by atoms with Crippen LogP contribution in [0.3, 0.4) is 0 Å². The summed E-state index contributed by atoms with van der Waals surface area (Å²) in [4.78, 5) is 0. The van der Waals surface area contributed by atoms with Gasteiger partial charge in [0.25, 0.3) is 0 Å². The molecule has 0 saturated carbocycles. The van der Waals surface area contributed by atoms with Crippen molar-refractivity contribution in [2.75, 3.05) is 0 Å². The van der Waals surface area contributed by atoms with Gasteiger partial charge in [0.2, 0.25) is 0 Å². The second kappa shape index (κ2) is 5.32. The van der Waals surface area contributed by atoms with Crippen LogP contribution in [0.4, 0.5) is 0 Å². The first-order valence-electron chi connectivity index (χ1n) is 0.516. The van der Waals surface area contributed by atoms with E-state index in [0.717, 1.165) is 0 Å². The largest absolute Gasteiger partial charge is 0.750 e. The molecule has 1 unspecified atom stereocenters. The van der Waals surface area contributed by atoms with E-state index in [1.54, 1.807) is 0 Å². The predicted molar refractivity (Wildman–Crippen MR) is 11.5 cm³/mol. The molecule has 0 heterocycles. The normalized spacial score (nSPS) is 12.4. The van der Waals surface area contributed by atoms with Gasteiger partial charge in [0.05, 0.1) is 11.4 Å². The van der Waals surface area contributed by atoms with Crippen LogP contribution < -0.4 is 0 Å². The van der Waals surface area contributed by atoms with E-state index in [2.05, 4.69) is 0 Å². The van der Waals surface area contributed by atoms with E-state index < -0.39 is 11.4 Å². The Labute approximate surface area is 61.5 Å². The van der Waals surface area contributed by atoms with Gasteiger partial charge in [-0.05, 0) is 0 Å². The number of hydrogen-bond donors (Lipinski definition) is 1. The van der Waals surface area contributed by atoms with Crippen molar-refractivity contribution in [2.45, 2.75) is 0 Å². The van der Waals surface area contributed by atoms with E-state index in [1.807, 2.05) is 0 Å². The summed E-state index contributed by atoms with van der Waals surface area (Å²) in [5.74, 6) is 0. The molecule has 0 amide bonds. The molecule has 0 aromatic rings. The molecule has 1 atom stereocenters. The first kappa shape index (κ1) is 9.58. The van der Waals surface area contributed by atoms with Crippen LogP contribution in [-0.4, -0.2) is 13.3 Å². The van der Waals surface area contributed by atoms with Crippen molar-refractivity contribution >= 4 is 11.4 Å². The molecule has 0 saturated heterocycles. The third-order valence-electron chi connectivity index (χ3n) is 0. The minimum Gasteiger partial charge on any atom is -0.750 e. The van der Waals surface area contributed by atoms with Crippen molar-refractivity contribution in [3.8, 4) is 0 Å². The molecule has 0 aromatic heterocycles. The smallest absolute Gasteiger partial charge is 0.0814 e. The van der Waals surface area contributed by atoms with Crippen LogP contribution in [0.15, 0.2) is 0 Å². The fraction of sp³-hybridized carbons (Fsp3) is 0. The number of rotatable bonds is 0. The Morgan fingerprint density at radius 1 is 1.80 bits per heavy atom. The molecule has 0 spiro atoms. The summed E-state index contributed by atoms with van der Waals surface area (Å²) in [5, 5.41) is 0. The Balaban J connectivity index is 0. The zero-order valence-electron chi connectivity index (χ0n) is 1.96. The van der Waals surface area contributed by atoms with Crippen molar-refractivity contribution < 1.29 is 50.6 Å². The first-order chi connectivity index (χ1) is 1.73. The minimum absolute atomic E-state index is 0. The van der Waals surface area contributed by atoms with Gasteiger partial charge in [-0.3, -0.25) is 0 Å². The molecule has 0 fully saturated rings. The maximum absolute atomic E-state index is 8.56. The molecule has 0 bridgehead atoms. The van der Waals surface area contributed by atoms with Crippen LogP contribution in [0.25, 0.3) is 0 Å². The summed E-state index contributed by atoms with van der Waals surface area (Å²) >= 11 is -2.86. The van der Waals surface area contributed by atoms with Crippen molar-refractivity contribution in [3.63, 3.8) is 0 Å². The molecule has 0 aromatic carbocycles. The molecule has 0 aliphatic rings. The van der Waals surface area contributed by atoms with E-state index in [4.69, 9.17) is 13.3 Å². The molecular weight excluding hydrogens is 247 g/mol. The van der Waals surface area contributed by atoms with Crippen LogP contribution in [0.2, 0.25) is 0 Å². The summed E-state index contributed by atoms with van der Waals surface area (Å²) in [6, 6.07) is 0. The van der Waals surface area contributed by atoms with Gasteiger partial charge in [-0.2, -0.15) is 0 Å². The SMILES string of the molecule is O=S([O-])O.[Er]. The van der Waals surface area contributed by atoms with Crippen LogP contribution >= 0.6 is 0 Å². The van der Waals surface area contributed by atoms with Gasteiger partial charge in [-0.1, -0.05) is 0 Å². The summed E-state index contributed by atoms with van der Waals surface area (Å²) in [7, 11) is 0. The van der Waals surface area contributed by atoms with E-state index in [1.165, 1.54) is 0 Å². The average molecular weight is 248 g/mol. The molecule has 0 aliphatic heterocycles. The summed E-state index contributed by atoms with van der Waals surface area (Å²) in [6.07, 6.45) is 0. The topological polar surface area (TPSA) is 60.4 Å². The maximum Gasteiger partial charge on any atom is 0.0814 e. The molecule has 0 aliphatic carbocycles. The Bertz CT molecular complexity index is 29.9. The molecule has 0 rings (SSSR count). The van der Waals surface area contributed by atoms with Crippen molar-refractivity contribution in [1.29, 1.82) is 0 Å². The molecule has 38 valence electrons. The Morgan fingerprint density at radius 3 is 1.80 bits per heavy atom. The first-order valence-corrected chi connectivity index (χ1v) is 1.55. The summed E-state index contributed by atoms with van der Waals surface area (Å²) < 4.78 is 24.1. The van der Waals surface area contributed by atoms with Gasteiger partial charge in [-0.15, -0.1) is 0 Å². The zero-order chi connectivity index (χ0) is 3.58. The van der Waals surface area contributed by atoms with Crippen molar-refractivity contribution in [1.82, 2.24) is 0 Å². The molecule has 0 radical (unpaired) electrons. The van der Waals surface area contributed by atoms with E-state index in [9.17, 15) is 0 Å². The van der Waals surface area contributed by atoms with Crippen LogP contribution in [0.1, 0.15) is 0 Å². The third kappa shape index (κ3) is 33.7. The summed E-state index contributed by atoms with van der Waals surface area (Å²) in [5.41, 5.74) is 0. The van der Waals surface area contributed by atoms with Gasteiger partial charge < -0.3 is 9.11 Å². The Kier molecular flexibility index (Phi) is 10.2. The Hall–Kier alpha value is 1.32. The van der Waals surface area contributed by atoms with Gasteiger partial charge >= 0.3 is 0 Å². The van der Waals surface area contributed by atoms with Crippen LogP contribution in [0.5, 0.6) is 0 Å². The van der Waals surface area contributed by atoms with E-state index >= 15 is 0 Å². The fourth-order valence-electron chi connectivity index (χ4n) is 0. The Morgan fingerprint density at radius 2 is 1.80 bits per heavy atom. The van der Waals surface area contributed by atoms with E-state index in [-0.39, 0.29) is 37.3 Å². The van der Waals surface area contributed by atoms with Crippen molar-refractivity contribution in [2.24, 2.45) is 0 Å². The third-order valence-corrected chi connectivity index (χ3v) is 0. The fourth-order valence-corrected chi connectivity index (χ4v) is 0. The second-order valence-corrected chi connectivity index (χ2v) is 0.651. The second-order valence-electron chi connectivity index (χ2n) is 0.217. The monoisotopic (exact) mass is 247 g/mol. The minimum atomic E-state index is -2.86. The van der Waals surface area contributed by atoms with E-state index in [0.29, 0.717) is 0 Å². The van der Waals surface area contributed by atoms with Gasteiger partial charge in [0.1, 0.15) is 0 Å². The maximum atomic E-state index is 8.56. The average Bonchev–Trinajstić information content (AvgIpc) is 0.811. The molecule has 5 heavy (non-hydrogen) atoms. The number of hydrogen-bond acceptors (Lipinski definition) is 2. The van der Waals surface area contributed by atoms with Crippen LogP contribution in [-0.2, 0) is 11.4 Å². The van der Waals surface area contributed by atoms with Crippen LogP contribution in [0, 0.1) is 37.3 Å². The molecule has 1 N–H and O–H groups in total. The molecule has 5 heteroatoms. The quantitative estimate of drug-likeness (QED) is 0.579. The predicted octanol–water partition coefficient (Wildman–Crippen LogP) is -0.661. The van der Waals surface area contributed by atoms with Gasteiger partial charge in [-0.25, -0.2) is 4.21 Å². The summed E-state index contributed by atoms with van der Waals surface area (Å²) in [6.45, 7) is 0. The zero-order valence-corrected chi connectivity index (χ0v) is 4.63.